The summed E-state index contributed by atoms with van der Waals surface area (Å²) in [4.78, 5) is 2.40. The third kappa shape index (κ3) is 4.80. The van der Waals surface area contributed by atoms with Crippen molar-refractivity contribution in [3.05, 3.63) is 29.3 Å². The summed E-state index contributed by atoms with van der Waals surface area (Å²) in [5.41, 5.74) is 10.1. The molecule has 0 amide bonds. The largest absolute Gasteiger partial charge is 0.383 e. The number of hydrogen-bond acceptors (Lipinski definition) is 3. The Bertz CT molecular complexity index is 404. The molecule has 1 unspecified atom stereocenters. The maximum atomic E-state index is 6.16. The minimum Gasteiger partial charge on any atom is -0.383 e. The standard InChI is InChI=1S/C17H30N2O/c1-6-16(18)12-15-11-14(4)7-8-17(15)19(13(2)3)9-10-20-5/h7-8,11,13,16H,6,9-10,12,18H2,1-5H3. The fourth-order valence-electron chi connectivity index (χ4n) is 2.43. The summed E-state index contributed by atoms with van der Waals surface area (Å²) in [6.07, 6.45) is 1.94. The van der Waals surface area contributed by atoms with Crippen molar-refractivity contribution < 1.29 is 4.74 Å². The Morgan fingerprint density at radius 1 is 1.30 bits per heavy atom. The molecule has 3 heteroatoms. The molecule has 1 aromatic carbocycles. The van der Waals surface area contributed by atoms with E-state index in [1.54, 1.807) is 7.11 Å². The lowest BCUT2D eigenvalue weighted by Crippen LogP contribution is -2.35. The predicted molar refractivity (Wildman–Crippen MR) is 87.5 cm³/mol. The first kappa shape index (κ1) is 17.0. The van der Waals surface area contributed by atoms with Gasteiger partial charge >= 0.3 is 0 Å². The minimum atomic E-state index is 0.229. The molecule has 1 aromatic rings. The van der Waals surface area contributed by atoms with Crippen molar-refractivity contribution in [3.8, 4) is 0 Å². The Morgan fingerprint density at radius 2 is 2.00 bits per heavy atom. The lowest BCUT2D eigenvalue weighted by molar-refractivity contribution is 0.204. The van der Waals surface area contributed by atoms with Gasteiger partial charge in [0.05, 0.1) is 6.61 Å². The van der Waals surface area contributed by atoms with Gasteiger partial charge in [0.2, 0.25) is 0 Å². The van der Waals surface area contributed by atoms with E-state index >= 15 is 0 Å². The number of rotatable bonds is 8. The average Bonchev–Trinajstić information content (AvgIpc) is 2.40. The van der Waals surface area contributed by atoms with Crippen molar-refractivity contribution in [1.82, 2.24) is 0 Å². The zero-order valence-corrected chi connectivity index (χ0v) is 13.6. The number of methoxy groups -OCH3 is 1. The summed E-state index contributed by atoms with van der Waals surface area (Å²) in [5.74, 6) is 0. The van der Waals surface area contributed by atoms with E-state index in [9.17, 15) is 0 Å². The van der Waals surface area contributed by atoms with Gasteiger partial charge in [-0.15, -0.1) is 0 Å². The highest BCUT2D eigenvalue weighted by Gasteiger charge is 2.15. The van der Waals surface area contributed by atoms with Gasteiger partial charge in [-0.3, -0.25) is 0 Å². The molecule has 0 aliphatic rings. The molecule has 20 heavy (non-hydrogen) atoms. The molecule has 2 N–H and O–H groups in total. The van der Waals surface area contributed by atoms with Crippen molar-refractivity contribution >= 4 is 5.69 Å². The normalized spacial score (nSPS) is 12.8. The SMILES string of the molecule is CCC(N)Cc1cc(C)ccc1N(CCOC)C(C)C. The molecule has 1 atom stereocenters. The third-order valence-corrected chi connectivity index (χ3v) is 3.71. The lowest BCUT2D eigenvalue weighted by atomic mass is 9.99. The minimum absolute atomic E-state index is 0.229. The molecule has 0 aromatic heterocycles. The molecule has 0 fully saturated rings. The van der Waals surface area contributed by atoms with E-state index in [1.165, 1.54) is 16.8 Å². The van der Waals surface area contributed by atoms with Crippen molar-refractivity contribution in [1.29, 1.82) is 0 Å². The summed E-state index contributed by atoms with van der Waals surface area (Å²) in [6.45, 7) is 10.4. The first-order valence-corrected chi connectivity index (χ1v) is 7.60. The summed E-state index contributed by atoms with van der Waals surface area (Å²) in [6, 6.07) is 7.35. The molecule has 0 spiro atoms. The molecule has 0 heterocycles. The molecule has 0 bridgehead atoms. The van der Waals surface area contributed by atoms with E-state index in [1.807, 2.05) is 0 Å². The predicted octanol–water partition coefficient (Wildman–Crippen LogP) is 3.14. The van der Waals surface area contributed by atoms with Crippen LogP contribution in [0.25, 0.3) is 0 Å². The Morgan fingerprint density at radius 3 is 2.55 bits per heavy atom. The second kappa shape index (κ2) is 8.28. The summed E-state index contributed by atoms with van der Waals surface area (Å²) < 4.78 is 5.24. The molecule has 114 valence electrons. The first-order valence-electron chi connectivity index (χ1n) is 7.60. The Labute approximate surface area is 124 Å². The highest BCUT2D eigenvalue weighted by molar-refractivity contribution is 5.56. The van der Waals surface area contributed by atoms with Crippen molar-refractivity contribution in [2.45, 2.75) is 52.6 Å². The van der Waals surface area contributed by atoms with E-state index in [0.717, 1.165) is 26.0 Å². The third-order valence-electron chi connectivity index (χ3n) is 3.71. The van der Waals surface area contributed by atoms with Gasteiger partial charge in [-0.1, -0.05) is 24.6 Å². The highest BCUT2D eigenvalue weighted by atomic mass is 16.5. The second-order valence-corrected chi connectivity index (χ2v) is 5.78. The van der Waals surface area contributed by atoms with Crippen molar-refractivity contribution in [2.75, 3.05) is 25.2 Å². The molecule has 0 aliphatic heterocycles. The van der Waals surface area contributed by atoms with E-state index in [-0.39, 0.29) is 6.04 Å². The van der Waals surface area contributed by atoms with Crippen LogP contribution in [0.5, 0.6) is 0 Å². The summed E-state index contributed by atoms with van der Waals surface area (Å²) >= 11 is 0. The van der Waals surface area contributed by atoms with E-state index < -0.39 is 0 Å². The monoisotopic (exact) mass is 278 g/mol. The van der Waals surface area contributed by atoms with Crippen LogP contribution >= 0.6 is 0 Å². The van der Waals surface area contributed by atoms with E-state index in [2.05, 4.69) is 50.8 Å². The van der Waals surface area contributed by atoms with Crippen LogP contribution in [0.3, 0.4) is 0 Å². The first-order chi connectivity index (χ1) is 9.49. The van der Waals surface area contributed by atoms with Crippen molar-refractivity contribution in [2.24, 2.45) is 5.73 Å². The number of anilines is 1. The maximum Gasteiger partial charge on any atom is 0.0637 e. The van der Waals surface area contributed by atoms with E-state index in [0.29, 0.717) is 6.04 Å². The van der Waals surface area contributed by atoms with Crippen LogP contribution in [0.2, 0.25) is 0 Å². The van der Waals surface area contributed by atoms with E-state index in [4.69, 9.17) is 10.5 Å². The Balaban J connectivity index is 3.05. The van der Waals surface area contributed by atoms with Gasteiger partial charge in [-0.05, 0) is 45.2 Å². The molecule has 3 nitrogen and oxygen atoms in total. The molecule has 0 aliphatic carbocycles. The smallest absolute Gasteiger partial charge is 0.0637 e. The fraction of sp³-hybridized carbons (Fsp3) is 0.647. The molecular formula is C17H30N2O. The number of aryl methyl sites for hydroxylation is 1. The van der Waals surface area contributed by atoms with Gasteiger partial charge in [0.1, 0.15) is 0 Å². The second-order valence-electron chi connectivity index (χ2n) is 5.78. The number of nitrogens with zero attached hydrogens (tertiary/aromatic N) is 1. The van der Waals surface area contributed by atoms with Crippen LogP contribution in [0.15, 0.2) is 18.2 Å². The van der Waals surface area contributed by atoms with Gasteiger partial charge in [-0.25, -0.2) is 0 Å². The average molecular weight is 278 g/mol. The molecule has 0 radical (unpaired) electrons. The van der Waals surface area contributed by atoms with Crippen LogP contribution in [-0.4, -0.2) is 32.3 Å². The molecular weight excluding hydrogens is 248 g/mol. The summed E-state index contributed by atoms with van der Waals surface area (Å²) in [5, 5.41) is 0. The van der Waals surface area contributed by atoms with Gasteiger partial charge in [0, 0.05) is 31.4 Å². The highest BCUT2D eigenvalue weighted by Crippen LogP contribution is 2.25. The topological polar surface area (TPSA) is 38.5 Å². The van der Waals surface area contributed by atoms with Gasteiger partial charge in [0.25, 0.3) is 0 Å². The lowest BCUT2D eigenvalue weighted by Gasteiger charge is -2.31. The molecule has 1 rings (SSSR count). The van der Waals surface area contributed by atoms with Crippen LogP contribution < -0.4 is 10.6 Å². The zero-order valence-electron chi connectivity index (χ0n) is 13.6. The molecule has 0 saturated heterocycles. The summed E-state index contributed by atoms with van der Waals surface area (Å²) in [7, 11) is 1.75. The van der Waals surface area contributed by atoms with Crippen LogP contribution in [0.1, 0.15) is 38.3 Å². The van der Waals surface area contributed by atoms with Crippen LogP contribution in [0, 0.1) is 6.92 Å². The van der Waals surface area contributed by atoms with Crippen LogP contribution in [-0.2, 0) is 11.2 Å². The van der Waals surface area contributed by atoms with Gasteiger partial charge < -0.3 is 15.4 Å². The number of ether oxygens (including phenoxy) is 1. The fourth-order valence-corrected chi connectivity index (χ4v) is 2.43. The van der Waals surface area contributed by atoms with Crippen LogP contribution in [0.4, 0.5) is 5.69 Å². The number of benzene rings is 1. The zero-order chi connectivity index (χ0) is 15.1. The number of hydrogen-bond donors (Lipinski definition) is 1. The quantitative estimate of drug-likeness (QED) is 0.794. The maximum absolute atomic E-state index is 6.16. The van der Waals surface area contributed by atoms with Gasteiger partial charge in [0.15, 0.2) is 0 Å². The Kier molecular flexibility index (Phi) is 7.03. The van der Waals surface area contributed by atoms with Crippen molar-refractivity contribution in [3.63, 3.8) is 0 Å². The molecule has 0 saturated carbocycles. The Hall–Kier alpha value is -1.06. The van der Waals surface area contributed by atoms with Gasteiger partial charge in [-0.2, -0.15) is 0 Å². The number of nitrogens with two attached hydrogens (primary N) is 1.